The van der Waals surface area contributed by atoms with E-state index in [2.05, 4.69) is 84.8 Å². The number of imidazole rings is 1. The van der Waals surface area contributed by atoms with Crippen molar-refractivity contribution >= 4 is 11.0 Å². The molecule has 202 valence electrons. The van der Waals surface area contributed by atoms with Gasteiger partial charge < -0.3 is 18.9 Å². The van der Waals surface area contributed by atoms with Crippen molar-refractivity contribution in [3.05, 3.63) is 89.7 Å². The molecule has 5 heteroatoms. The van der Waals surface area contributed by atoms with Crippen LogP contribution in [0.5, 0.6) is 11.5 Å². The van der Waals surface area contributed by atoms with Gasteiger partial charge in [-0.1, -0.05) is 69.7 Å². The number of unbranched alkanes of at least 4 members (excludes halogenated alkanes) is 1. The second-order valence-corrected chi connectivity index (χ2v) is 9.83. The second kappa shape index (κ2) is 14.6. The Bertz CT molecular complexity index is 1230. The van der Waals surface area contributed by atoms with E-state index in [1.54, 1.807) is 0 Å². The van der Waals surface area contributed by atoms with E-state index < -0.39 is 0 Å². The van der Waals surface area contributed by atoms with Gasteiger partial charge in [0, 0.05) is 25.6 Å². The van der Waals surface area contributed by atoms with E-state index >= 15 is 0 Å². The van der Waals surface area contributed by atoms with Gasteiger partial charge in [-0.25, -0.2) is 4.98 Å². The molecule has 0 bridgehead atoms. The number of aromatic nitrogens is 2. The summed E-state index contributed by atoms with van der Waals surface area (Å²) in [4.78, 5) is 7.45. The van der Waals surface area contributed by atoms with Crippen LogP contribution in [0.4, 0.5) is 0 Å². The molecule has 0 amide bonds. The van der Waals surface area contributed by atoms with E-state index in [-0.39, 0.29) is 0 Å². The SMILES string of the molecule is CCCCn1c(CCc2ccc(OCc3ccccc3)cc2)nc2ccc(OCCCN(CC)CC)cc21. The van der Waals surface area contributed by atoms with E-state index in [1.807, 2.05) is 18.2 Å². The number of rotatable bonds is 16. The molecule has 0 saturated carbocycles. The fourth-order valence-electron chi connectivity index (χ4n) is 4.77. The van der Waals surface area contributed by atoms with Crippen molar-refractivity contribution in [1.29, 1.82) is 0 Å². The lowest BCUT2D eigenvalue weighted by Gasteiger charge is -2.17. The van der Waals surface area contributed by atoms with E-state index in [1.165, 1.54) is 16.6 Å². The number of nitrogens with zero attached hydrogens (tertiary/aromatic N) is 3. The van der Waals surface area contributed by atoms with Crippen LogP contribution in [0.2, 0.25) is 0 Å². The second-order valence-electron chi connectivity index (χ2n) is 9.83. The molecule has 0 atom stereocenters. The Balaban J connectivity index is 1.37. The third-order valence-electron chi connectivity index (χ3n) is 7.12. The molecule has 0 unspecified atom stereocenters. The van der Waals surface area contributed by atoms with Crippen LogP contribution in [-0.4, -0.2) is 40.7 Å². The highest BCUT2D eigenvalue weighted by Gasteiger charge is 2.12. The highest BCUT2D eigenvalue weighted by molar-refractivity contribution is 5.78. The van der Waals surface area contributed by atoms with Crippen LogP contribution < -0.4 is 9.47 Å². The van der Waals surface area contributed by atoms with Gasteiger partial charge in [-0.3, -0.25) is 0 Å². The molecule has 0 spiro atoms. The van der Waals surface area contributed by atoms with Gasteiger partial charge in [-0.2, -0.15) is 0 Å². The largest absolute Gasteiger partial charge is 0.493 e. The lowest BCUT2D eigenvalue weighted by Crippen LogP contribution is -2.25. The minimum atomic E-state index is 0.587. The average Bonchev–Trinajstić information content (AvgIpc) is 3.31. The number of hydrogen-bond donors (Lipinski definition) is 0. The Morgan fingerprint density at radius 2 is 1.53 bits per heavy atom. The standard InChI is InChI=1S/C33H43N3O2/c1-4-7-23-36-32-25-30(37-24-11-22-35(5-2)6-3)19-20-31(32)34-33(36)21-16-27-14-17-29(18-15-27)38-26-28-12-9-8-10-13-28/h8-10,12-15,17-20,25H,4-7,11,16,21-24,26H2,1-3H3. The van der Waals surface area contributed by atoms with Crippen LogP contribution >= 0.6 is 0 Å². The first-order valence-corrected chi connectivity index (χ1v) is 14.3. The molecule has 1 aromatic heterocycles. The highest BCUT2D eigenvalue weighted by atomic mass is 16.5. The van der Waals surface area contributed by atoms with Crippen LogP contribution in [-0.2, 0) is 26.0 Å². The molecule has 0 aliphatic carbocycles. The molecule has 0 aliphatic heterocycles. The maximum absolute atomic E-state index is 6.13. The third-order valence-corrected chi connectivity index (χ3v) is 7.12. The zero-order valence-corrected chi connectivity index (χ0v) is 23.4. The molecular weight excluding hydrogens is 470 g/mol. The smallest absolute Gasteiger partial charge is 0.121 e. The van der Waals surface area contributed by atoms with E-state index in [9.17, 15) is 0 Å². The van der Waals surface area contributed by atoms with Crippen LogP contribution in [0.15, 0.2) is 72.8 Å². The minimum Gasteiger partial charge on any atom is -0.493 e. The van der Waals surface area contributed by atoms with Gasteiger partial charge >= 0.3 is 0 Å². The first kappa shape index (κ1) is 27.7. The summed E-state index contributed by atoms with van der Waals surface area (Å²) in [6.45, 7) is 12.2. The summed E-state index contributed by atoms with van der Waals surface area (Å²) in [5.74, 6) is 2.99. The zero-order chi connectivity index (χ0) is 26.6. The van der Waals surface area contributed by atoms with E-state index in [4.69, 9.17) is 14.5 Å². The van der Waals surface area contributed by atoms with Crippen molar-refractivity contribution in [2.24, 2.45) is 0 Å². The number of benzene rings is 3. The normalized spacial score (nSPS) is 11.4. The van der Waals surface area contributed by atoms with Gasteiger partial charge in [-0.05, 0) is 67.7 Å². The predicted octanol–water partition coefficient (Wildman–Crippen LogP) is 7.31. The monoisotopic (exact) mass is 513 g/mol. The predicted molar refractivity (Wildman–Crippen MR) is 157 cm³/mol. The van der Waals surface area contributed by atoms with Crippen molar-refractivity contribution < 1.29 is 9.47 Å². The Morgan fingerprint density at radius 1 is 0.763 bits per heavy atom. The van der Waals surface area contributed by atoms with E-state index in [0.29, 0.717) is 6.61 Å². The Kier molecular flexibility index (Phi) is 10.6. The fraction of sp³-hybridized carbons (Fsp3) is 0.424. The molecular formula is C33H43N3O2. The van der Waals surface area contributed by atoms with Gasteiger partial charge in [0.05, 0.1) is 17.6 Å². The highest BCUT2D eigenvalue weighted by Crippen LogP contribution is 2.24. The summed E-state index contributed by atoms with van der Waals surface area (Å²) in [6, 6.07) is 25.1. The lowest BCUT2D eigenvalue weighted by molar-refractivity contribution is 0.249. The van der Waals surface area contributed by atoms with Crippen LogP contribution in [0.25, 0.3) is 11.0 Å². The van der Waals surface area contributed by atoms with Crippen LogP contribution in [0, 0.1) is 0 Å². The molecule has 0 fully saturated rings. The molecule has 4 rings (SSSR count). The molecule has 5 nitrogen and oxygen atoms in total. The van der Waals surface area contributed by atoms with Gasteiger partial charge in [0.1, 0.15) is 23.9 Å². The maximum Gasteiger partial charge on any atom is 0.121 e. The number of hydrogen-bond acceptors (Lipinski definition) is 4. The first-order chi connectivity index (χ1) is 18.7. The van der Waals surface area contributed by atoms with Gasteiger partial charge in [0.15, 0.2) is 0 Å². The van der Waals surface area contributed by atoms with Crippen molar-refractivity contribution in [2.45, 2.75) is 66.0 Å². The Labute approximate surface area is 228 Å². The summed E-state index contributed by atoms with van der Waals surface area (Å²) in [7, 11) is 0. The van der Waals surface area contributed by atoms with Crippen molar-refractivity contribution in [3.8, 4) is 11.5 Å². The molecule has 38 heavy (non-hydrogen) atoms. The van der Waals surface area contributed by atoms with Crippen molar-refractivity contribution in [2.75, 3.05) is 26.2 Å². The van der Waals surface area contributed by atoms with Crippen LogP contribution in [0.1, 0.15) is 57.0 Å². The van der Waals surface area contributed by atoms with Gasteiger partial charge in [0.2, 0.25) is 0 Å². The summed E-state index contributed by atoms with van der Waals surface area (Å²) < 4.78 is 14.5. The molecule has 0 N–H and O–H groups in total. The average molecular weight is 514 g/mol. The van der Waals surface area contributed by atoms with Gasteiger partial charge in [-0.15, -0.1) is 0 Å². The number of ether oxygens (including phenoxy) is 2. The van der Waals surface area contributed by atoms with Crippen molar-refractivity contribution in [3.63, 3.8) is 0 Å². The summed E-state index contributed by atoms with van der Waals surface area (Å²) in [6.07, 6.45) is 5.19. The van der Waals surface area contributed by atoms with Gasteiger partial charge in [0.25, 0.3) is 0 Å². The zero-order valence-electron chi connectivity index (χ0n) is 23.4. The summed E-state index contributed by atoms with van der Waals surface area (Å²) in [5.41, 5.74) is 4.70. The number of aryl methyl sites for hydroxylation is 3. The molecule has 0 radical (unpaired) electrons. The van der Waals surface area contributed by atoms with E-state index in [0.717, 1.165) is 87.7 Å². The minimum absolute atomic E-state index is 0.587. The van der Waals surface area contributed by atoms with Crippen LogP contribution in [0.3, 0.4) is 0 Å². The molecule has 1 heterocycles. The third kappa shape index (κ3) is 7.84. The molecule has 0 saturated heterocycles. The number of fused-ring (bicyclic) bond motifs is 1. The summed E-state index contributed by atoms with van der Waals surface area (Å²) >= 11 is 0. The summed E-state index contributed by atoms with van der Waals surface area (Å²) in [5, 5.41) is 0. The quantitative estimate of drug-likeness (QED) is 0.147. The molecule has 0 aliphatic rings. The topological polar surface area (TPSA) is 39.5 Å². The molecule has 3 aromatic carbocycles. The fourth-order valence-corrected chi connectivity index (χ4v) is 4.77. The molecule has 4 aromatic rings. The first-order valence-electron chi connectivity index (χ1n) is 14.3. The Hall–Kier alpha value is -3.31. The van der Waals surface area contributed by atoms with Crippen molar-refractivity contribution in [1.82, 2.24) is 14.5 Å². The Morgan fingerprint density at radius 3 is 2.26 bits per heavy atom. The maximum atomic E-state index is 6.13. The lowest BCUT2D eigenvalue weighted by atomic mass is 10.1.